The summed E-state index contributed by atoms with van der Waals surface area (Å²) >= 11 is 0. The second-order valence-corrected chi connectivity index (χ2v) is 1.62. The van der Waals surface area contributed by atoms with Crippen LogP contribution >= 0.6 is 0 Å². The Morgan fingerprint density at radius 2 is 2.22 bits per heavy atom. The van der Waals surface area contributed by atoms with E-state index in [0.29, 0.717) is 0 Å². The van der Waals surface area contributed by atoms with Crippen LogP contribution in [0.2, 0.25) is 0 Å². The minimum atomic E-state index is -1.09. The Bertz CT molecular complexity index is 110. The van der Waals surface area contributed by atoms with Crippen LogP contribution in [0.3, 0.4) is 0 Å². The summed E-state index contributed by atoms with van der Waals surface area (Å²) < 4.78 is 0. The summed E-state index contributed by atoms with van der Waals surface area (Å²) in [4.78, 5) is 19.8. The van der Waals surface area contributed by atoms with E-state index in [2.05, 4.69) is 0 Å². The minimum Gasteiger partial charge on any atom is -0.394 e. The van der Waals surface area contributed by atoms with Crippen molar-refractivity contribution in [2.24, 2.45) is 0 Å². The maximum atomic E-state index is 10.1. The molecule has 1 atom stereocenters. The van der Waals surface area contributed by atoms with Crippen molar-refractivity contribution in [3.63, 3.8) is 0 Å². The quantitative estimate of drug-likeness (QED) is 0.360. The monoisotopic (exact) mass is 132 g/mol. The van der Waals surface area contributed by atoms with Crippen LogP contribution in [0.5, 0.6) is 0 Å². The molecule has 0 aliphatic rings. The first-order valence-corrected chi connectivity index (χ1v) is 2.47. The Balaban J connectivity index is 3.46. The van der Waals surface area contributed by atoms with Crippen LogP contribution in [0, 0.1) is 0 Å². The second kappa shape index (κ2) is 4.17. The Hall–Kier alpha value is -0.740. The molecular weight excluding hydrogens is 124 g/mol. The molecule has 0 heterocycles. The predicted octanol–water partition coefficient (Wildman–Crippen LogP) is -1.50. The van der Waals surface area contributed by atoms with Crippen molar-refractivity contribution < 1.29 is 19.8 Å². The lowest BCUT2D eigenvalue weighted by atomic mass is 10.2. The molecule has 0 amide bonds. The van der Waals surface area contributed by atoms with Gasteiger partial charge in [0.15, 0.2) is 12.1 Å². The number of hydrogen-bond donors (Lipinski definition) is 2. The Labute approximate surface area is 52.1 Å². The molecule has 0 fully saturated rings. The summed E-state index contributed by atoms with van der Waals surface area (Å²) in [7, 11) is 0. The van der Waals surface area contributed by atoms with E-state index >= 15 is 0 Å². The third-order valence-electron chi connectivity index (χ3n) is 0.779. The van der Waals surface area contributed by atoms with Crippen LogP contribution in [-0.4, -0.2) is 35.0 Å². The van der Waals surface area contributed by atoms with Crippen molar-refractivity contribution in [2.45, 2.75) is 12.5 Å². The van der Waals surface area contributed by atoms with E-state index in [0.717, 1.165) is 0 Å². The molecule has 4 heteroatoms. The molecule has 0 rings (SSSR count). The van der Waals surface area contributed by atoms with Gasteiger partial charge in [0, 0.05) is 6.42 Å². The number of carbonyl (C=O) groups excluding carboxylic acids is 2. The maximum Gasteiger partial charge on any atom is 0.197 e. The summed E-state index contributed by atoms with van der Waals surface area (Å²) in [5, 5.41) is 16.7. The van der Waals surface area contributed by atoms with Gasteiger partial charge in [-0.15, -0.1) is 0 Å². The lowest BCUT2D eigenvalue weighted by Crippen LogP contribution is -2.17. The van der Waals surface area contributed by atoms with E-state index in [-0.39, 0.29) is 12.7 Å². The van der Waals surface area contributed by atoms with Crippen LogP contribution in [-0.2, 0) is 9.59 Å². The van der Waals surface area contributed by atoms with Gasteiger partial charge in [0.25, 0.3) is 0 Å². The van der Waals surface area contributed by atoms with E-state index in [4.69, 9.17) is 10.2 Å². The molecule has 4 nitrogen and oxygen atoms in total. The van der Waals surface area contributed by atoms with Gasteiger partial charge in [0.05, 0.1) is 12.7 Å². The average Bonchev–Trinajstić information content (AvgIpc) is 1.87. The van der Waals surface area contributed by atoms with Gasteiger partial charge in [0.2, 0.25) is 0 Å². The molecule has 2 N–H and O–H groups in total. The second-order valence-electron chi connectivity index (χ2n) is 1.62. The number of aldehydes is 1. The molecule has 0 bridgehead atoms. The first-order valence-electron chi connectivity index (χ1n) is 2.47. The van der Waals surface area contributed by atoms with E-state index in [1.165, 1.54) is 0 Å². The SMILES string of the molecule is O=CC(=O)C[C@H](O)CO. The van der Waals surface area contributed by atoms with Crippen LogP contribution in [0.1, 0.15) is 6.42 Å². The van der Waals surface area contributed by atoms with Gasteiger partial charge < -0.3 is 10.2 Å². The minimum absolute atomic E-state index is 0.124. The molecule has 0 saturated carbocycles. The molecule has 0 aliphatic heterocycles. The van der Waals surface area contributed by atoms with Gasteiger partial charge in [-0.25, -0.2) is 0 Å². The Kier molecular flexibility index (Phi) is 3.83. The largest absolute Gasteiger partial charge is 0.394 e. The normalized spacial score (nSPS) is 12.7. The van der Waals surface area contributed by atoms with Crippen molar-refractivity contribution in [1.29, 1.82) is 0 Å². The maximum absolute atomic E-state index is 10.1. The number of aliphatic hydroxyl groups excluding tert-OH is 2. The highest BCUT2D eigenvalue weighted by Crippen LogP contribution is 1.88. The van der Waals surface area contributed by atoms with Crippen LogP contribution in [0.25, 0.3) is 0 Å². The summed E-state index contributed by atoms with van der Waals surface area (Å²) in [6, 6.07) is 0. The van der Waals surface area contributed by atoms with Crippen molar-refractivity contribution in [1.82, 2.24) is 0 Å². The molecular formula is C5H8O4. The van der Waals surface area contributed by atoms with E-state index in [9.17, 15) is 9.59 Å². The first kappa shape index (κ1) is 8.26. The fourth-order valence-corrected chi connectivity index (χ4v) is 0.345. The molecule has 0 aliphatic carbocycles. The number of aliphatic hydroxyl groups is 2. The summed E-state index contributed by atoms with van der Waals surface area (Å²) in [5.41, 5.74) is 0. The van der Waals surface area contributed by atoms with E-state index in [1.807, 2.05) is 0 Å². The summed E-state index contributed by atoms with van der Waals surface area (Å²) in [6.45, 7) is -0.487. The topological polar surface area (TPSA) is 74.6 Å². The Morgan fingerprint density at radius 3 is 2.56 bits per heavy atom. The van der Waals surface area contributed by atoms with Crippen LogP contribution in [0.15, 0.2) is 0 Å². The number of carbonyl (C=O) groups is 2. The standard InChI is InChI=1S/C5H8O4/c6-2-4(8)1-5(9)3-7/h2,5,7,9H,1,3H2/t5-/m0/s1. The van der Waals surface area contributed by atoms with E-state index < -0.39 is 18.5 Å². The van der Waals surface area contributed by atoms with Gasteiger partial charge in [-0.3, -0.25) is 9.59 Å². The molecule has 0 radical (unpaired) electrons. The number of rotatable bonds is 4. The average molecular weight is 132 g/mol. The third-order valence-corrected chi connectivity index (χ3v) is 0.779. The molecule has 0 unspecified atom stereocenters. The zero-order valence-corrected chi connectivity index (χ0v) is 4.78. The third kappa shape index (κ3) is 3.81. The van der Waals surface area contributed by atoms with E-state index in [1.54, 1.807) is 0 Å². The number of hydrogen-bond acceptors (Lipinski definition) is 4. The highest BCUT2D eigenvalue weighted by atomic mass is 16.3. The van der Waals surface area contributed by atoms with Gasteiger partial charge in [-0.2, -0.15) is 0 Å². The van der Waals surface area contributed by atoms with Crippen LogP contribution < -0.4 is 0 Å². The molecule has 9 heavy (non-hydrogen) atoms. The highest BCUT2D eigenvalue weighted by Gasteiger charge is 2.07. The van der Waals surface area contributed by atoms with Crippen molar-refractivity contribution in [2.75, 3.05) is 6.61 Å². The Morgan fingerprint density at radius 1 is 1.67 bits per heavy atom. The highest BCUT2D eigenvalue weighted by molar-refractivity contribution is 6.25. The number of ketones is 1. The summed E-state index contributed by atoms with van der Waals surface area (Å²) in [6.07, 6.45) is -1.26. The summed E-state index contributed by atoms with van der Waals surface area (Å²) in [5.74, 6) is -0.698. The van der Waals surface area contributed by atoms with Crippen molar-refractivity contribution >= 4 is 12.1 Å². The lowest BCUT2D eigenvalue weighted by molar-refractivity contribution is -0.131. The lowest BCUT2D eigenvalue weighted by Gasteiger charge is -2.00. The van der Waals surface area contributed by atoms with Gasteiger partial charge in [-0.1, -0.05) is 0 Å². The smallest absolute Gasteiger partial charge is 0.197 e. The molecule has 0 aromatic heterocycles. The fourth-order valence-electron chi connectivity index (χ4n) is 0.345. The molecule has 0 aromatic carbocycles. The molecule has 0 spiro atoms. The number of Topliss-reactive ketones (excluding diaryl/α,β-unsaturated/α-hetero) is 1. The molecule has 52 valence electrons. The zero-order chi connectivity index (χ0) is 7.28. The van der Waals surface area contributed by atoms with Crippen molar-refractivity contribution in [3.05, 3.63) is 0 Å². The fraction of sp³-hybridized carbons (Fsp3) is 0.600. The van der Waals surface area contributed by atoms with Gasteiger partial charge in [-0.05, 0) is 0 Å². The first-order chi connectivity index (χ1) is 4.20. The van der Waals surface area contributed by atoms with Gasteiger partial charge in [0.1, 0.15) is 0 Å². The van der Waals surface area contributed by atoms with Gasteiger partial charge >= 0.3 is 0 Å². The molecule has 0 saturated heterocycles. The van der Waals surface area contributed by atoms with Crippen LogP contribution in [0.4, 0.5) is 0 Å². The van der Waals surface area contributed by atoms with Crippen molar-refractivity contribution in [3.8, 4) is 0 Å². The molecule has 0 aromatic rings. The zero-order valence-electron chi connectivity index (χ0n) is 4.78. The predicted molar refractivity (Wildman–Crippen MR) is 28.8 cm³/mol.